The summed E-state index contributed by atoms with van der Waals surface area (Å²) in [6.07, 6.45) is 6.47. The highest BCUT2D eigenvalue weighted by Gasteiger charge is 2.09. The highest BCUT2D eigenvalue weighted by molar-refractivity contribution is 7.08. The number of allylic oxidation sites excluding steroid dienone is 1. The highest BCUT2D eigenvalue weighted by Crippen LogP contribution is 2.14. The van der Waals surface area contributed by atoms with Crippen molar-refractivity contribution >= 4 is 17.0 Å². The van der Waals surface area contributed by atoms with Gasteiger partial charge >= 0.3 is 0 Å². The summed E-state index contributed by atoms with van der Waals surface area (Å²) in [7, 11) is 0. The van der Waals surface area contributed by atoms with Crippen molar-refractivity contribution in [3.63, 3.8) is 0 Å². The Morgan fingerprint density at radius 1 is 1.62 bits per heavy atom. The largest absolute Gasteiger partial charge is 0.497 e. The summed E-state index contributed by atoms with van der Waals surface area (Å²) >= 11 is 1.71. The maximum absolute atomic E-state index is 5.44. The van der Waals surface area contributed by atoms with Crippen molar-refractivity contribution in [2.75, 3.05) is 11.9 Å². The molecule has 0 saturated heterocycles. The fourth-order valence-corrected chi connectivity index (χ4v) is 1.94. The number of nitrogens with one attached hydrogen (secondary N) is 1. The molecule has 1 unspecified atom stereocenters. The van der Waals surface area contributed by atoms with Crippen molar-refractivity contribution in [3.8, 4) is 0 Å². The van der Waals surface area contributed by atoms with Crippen LogP contribution in [0.3, 0.4) is 0 Å². The van der Waals surface area contributed by atoms with E-state index >= 15 is 0 Å². The molecular weight excluding hydrogens is 182 g/mol. The minimum Gasteiger partial charge on any atom is -0.497 e. The van der Waals surface area contributed by atoms with Gasteiger partial charge in [0.2, 0.25) is 0 Å². The zero-order valence-electron chi connectivity index (χ0n) is 7.40. The van der Waals surface area contributed by atoms with Crippen molar-refractivity contribution in [2.24, 2.45) is 0 Å². The molecule has 1 aromatic heterocycles. The lowest BCUT2D eigenvalue weighted by molar-refractivity contribution is 0.135. The molecule has 0 amide bonds. The molecule has 0 saturated carbocycles. The second-order valence-electron chi connectivity index (χ2n) is 3.10. The second-order valence-corrected chi connectivity index (χ2v) is 3.88. The van der Waals surface area contributed by atoms with Gasteiger partial charge in [-0.25, -0.2) is 0 Å². The molecule has 1 aliphatic heterocycles. The number of ether oxygens (including phenoxy) is 1. The van der Waals surface area contributed by atoms with Crippen LogP contribution < -0.4 is 5.32 Å². The summed E-state index contributed by atoms with van der Waals surface area (Å²) in [4.78, 5) is 0. The van der Waals surface area contributed by atoms with Gasteiger partial charge in [0.15, 0.2) is 0 Å². The molecule has 0 aliphatic carbocycles. The van der Waals surface area contributed by atoms with Gasteiger partial charge in [-0.2, -0.15) is 11.3 Å². The average molecular weight is 195 g/mol. The summed E-state index contributed by atoms with van der Waals surface area (Å²) in [5.74, 6) is 0. The molecule has 70 valence electrons. The van der Waals surface area contributed by atoms with E-state index in [0.29, 0.717) is 6.10 Å². The molecule has 0 spiro atoms. The fourth-order valence-electron chi connectivity index (χ4n) is 1.33. The third kappa shape index (κ3) is 2.49. The van der Waals surface area contributed by atoms with Crippen LogP contribution in [-0.4, -0.2) is 12.6 Å². The average Bonchev–Trinajstić information content (AvgIpc) is 2.69. The van der Waals surface area contributed by atoms with E-state index in [-0.39, 0.29) is 0 Å². The standard InChI is InChI=1S/C10H13NOS/c1-2-5-12-10(3-1)7-11-9-4-6-13-8-9/h2,4-6,8,10-11H,1,3,7H2. The number of thiophene rings is 1. The fraction of sp³-hybridized carbons (Fsp3) is 0.400. The molecule has 1 aromatic rings. The minimum absolute atomic E-state index is 0.338. The van der Waals surface area contributed by atoms with Crippen LogP contribution in [0.1, 0.15) is 12.8 Å². The SMILES string of the molecule is C1=COC(CNc2ccsc2)CC1. The van der Waals surface area contributed by atoms with Crippen LogP contribution in [0.5, 0.6) is 0 Å². The Balaban J connectivity index is 1.76. The topological polar surface area (TPSA) is 21.3 Å². The molecule has 1 N–H and O–H groups in total. The van der Waals surface area contributed by atoms with Crippen molar-refractivity contribution < 1.29 is 4.74 Å². The summed E-state index contributed by atoms with van der Waals surface area (Å²) < 4.78 is 5.44. The highest BCUT2D eigenvalue weighted by atomic mass is 32.1. The first-order valence-electron chi connectivity index (χ1n) is 4.52. The van der Waals surface area contributed by atoms with Crippen molar-refractivity contribution in [2.45, 2.75) is 18.9 Å². The van der Waals surface area contributed by atoms with E-state index in [2.05, 4.69) is 28.2 Å². The van der Waals surface area contributed by atoms with Crippen molar-refractivity contribution in [3.05, 3.63) is 29.2 Å². The normalized spacial score (nSPS) is 21.1. The Kier molecular flexibility index (Phi) is 2.87. The second kappa shape index (κ2) is 4.33. The van der Waals surface area contributed by atoms with Gasteiger partial charge in [0.05, 0.1) is 12.8 Å². The van der Waals surface area contributed by atoms with Gasteiger partial charge in [-0.15, -0.1) is 0 Å². The molecule has 0 fully saturated rings. The Morgan fingerprint density at radius 3 is 3.31 bits per heavy atom. The Labute approximate surface area is 82.2 Å². The van der Waals surface area contributed by atoms with E-state index in [0.717, 1.165) is 19.4 Å². The third-order valence-electron chi connectivity index (χ3n) is 2.08. The zero-order valence-corrected chi connectivity index (χ0v) is 8.22. The molecule has 0 bridgehead atoms. The number of hydrogen-bond donors (Lipinski definition) is 1. The summed E-state index contributed by atoms with van der Waals surface area (Å²) in [5, 5.41) is 7.53. The quantitative estimate of drug-likeness (QED) is 0.800. The first kappa shape index (κ1) is 8.63. The molecule has 0 aromatic carbocycles. The van der Waals surface area contributed by atoms with Gasteiger partial charge in [-0.3, -0.25) is 0 Å². The molecular formula is C10H13NOS. The molecule has 1 aliphatic rings. The van der Waals surface area contributed by atoms with E-state index in [1.165, 1.54) is 5.69 Å². The Morgan fingerprint density at radius 2 is 2.62 bits per heavy atom. The molecule has 2 heterocycles. The van der Waals surface area contributed by atoms with Crippen LogP contribution in [-0.2, 0) is 4.74 Å². The van der Waals surface area contributed by atoms with Gasteiger partial charge in [0.1, 0.15) is 6.10 Å². The minimum atomic E-state index is 0.338. The molecule has 3 heteroatoms. The molecule has 2 nitrogen and oxygen atoms in total. The van der Waals surface area contributed by atoms with E-state index < -0.39 is 0 Å². The maximum Gasteiger partial charge on any atom is 0.115 e. The van der Waals surface area contributed by atoms with Gasteiger partial charge < -0.3 is 10.1 Å². The van der Waals surface area contributed by atoms with Crippen LogP contribution in [0.4, 0.5) is 5.69 Å². The Hall–Kier alpha value is -0.960. The molecule has 2 rings (SSSR count). The molecule has 13 heavy (non-hydrogen) atoms. The van der Waals surface area contributed by atoms with E-state index in [1.54, 1.807) is 11.3 Å². The third-order valence-corrected chi connectivity index (χ3v) is 2.76. The zero-order chi connectivity index (χ0) is 8.93. The molecule has 1 atom stereocenters. The van der Waals surface area contributed by atoms with Gasteiger partial charge in [-0.1, -0.05) is 0 Å². The molecule has 0 radical (unpaired) electrons. The Bertz CT molecular complexity index is 268. The first-order chi connectivity index (χ1) is 6.45. The number of rotatable bonds is 3. The summed E-state index contributed by atoms with van der Waals surface area (Å²) in [6, 6.07) is 2.09. The van der Waals surface area contributed by atoms with Crippen LogP contribution in [0.15, 0.2) is 29.2 Å². The van der Waals surface area contributed by atoms with Gasteiger partial charge in [0, 0.05) is 11.1 Å². The van der Waals surface area contributed by atoms with Gasteiger partial charge in [-0.05, 0) is 30.4 Å². The lowest BCUT2D eigenvalue weighted by Gasteiger charge is -2.19. The first-order valence-corrected chi connectivity index (χ1v) is 5.46. The van der Waals surface area contributed by atoms with Crippen LogP contribution in [0.25, 0.3) is 0 Å². The predicted molar refractivity (Wildman–Crippen MR) is 56.1 cm³/mol. The number of hydrogen-bond acceptors (Lipinski definition) is 3. The lowest BCUT2D eigenvalue weighted by atomic mass is 10.1. The van der Waals surface area contributed by atoms with Crippen LogP contribution in [0, 0.1) is 0 Å². The number of anilines is 1. The smallest absolute Gasteiger partial charge is 0.115 e. The van der Waals surface area contributed by atoms with Crippen LogP contribution in [0.2, 0.25) is 0 Å². The van der Waals surface area contributed by atoms with E-state index in [4.69, 9.17) is 4.74 Å². The van der Waals surface area contributed by atoms with Crippen molar-refractivity contribution in [1.29, 1.82) is 0 Å². The predicted octanol–water partition coefficient (Wildman–Crippen LogP) is 2.85. The van der Waals surface area contributed by atoms with Crippen LogP contribution >= 0.6 is 11.3 Å². The monoisotopic (exact) mass is 195 g/mol. The van der Waals surface area contributed by atoms with E-state index in [9.17, 15) is 0 Å². The summed E-state index contributed by atoms with van der Waals surface area (Å²) in [6.45, 7) is 0.904. The van der Waals surface area contributed by atoms with Gasteiger partial charge in [0.25, 0.3) is 0 Å². The summed E-state index contributed by atoms with van der Waals surface area (Å²) in [5.41, 5.74) is 1.20. The lowest BCUT2D eigenvalue weighted by Crippen LogP contribution is -2.22. The maximum atomic E-state index is 5.44. The van der Waals surface area contributed by atoms with Crippen molar-refractivity contribution in [1.82, 2.24) is 0 Å². The van der Waals surface area contributed by atoms with E-state index in [1.807, 2.05) is 6.26 Å².